The van der Waals surface area contributed by atoms with Crippen LogP contribution in [0, 0.1) is 0 Å². The zero-order valence-electron chi connectivity index (χ0n) is 15.1. The zero-order valence-corrected chi connectivity index (χ0v) is 15.9. The summed E-state index contributed by atoms with van der Waals surface area (Å²) in [5.74, 6) is -0.148. The third kappa shape index (κ3) is 4.28. The van der Waals surface area contributed by atoms with Crippen molar-refractivity contribution in [3.05, 3.63) is 51.4 Å². The molecule has 3 rings (SSSR count). The van der Waals surface area contributed by atoms with Crippen molar-refractivity contribution in [2.45, 2.75) is 20.1 Å². The van der Waals surface area contributed by atoms with E-state index in [-0.39, 0.29) is 35.8 Å². The number of nitrogens with zero attached hydrogens (tertiary/aromatic N) is 2. The van der Waals surface area contributed by atoms with Crippen molar-refractivity contribution >= 4 is 27.5 Å². The molecule has 0 saturated heterocycles. The summed E-state index contributed by atoms with van der Waals surface area (Å²) in [6.07, 6.45) is 0. The molecule has 10 heteroatoms. The van der Waals surface area contributed by atoms with Crippen molar-refractivity contribution in [3.8, 4) is 11.5 Å². The van der Waals surface area contributed by atoms with Crippen LogP contribution in [0.2, 0.25) is 0 Å². The maximum Gasteiger partial charge on any atom is 0.387 e. The molecule has 0 unspecified atom stereocenters. The number of benzene rings is 1. The van der Waals surface area contributed by atoms with Gasteiger partial charge in [-0.3, -0.25) is 9.59 Å². The molecule has 2 aromatic heterocycles. The average Bonchev–Trinajstić information content (AvgIpc) is 3.11. The van der Waals surface area contributed by atoms with E-state index in [0.717, 1.165) is 0 Å². The Morgan fingerprint density at radius 1 is 1.32 bits per heavy atom. The Bertz CT molecular complexity index is 1050. The van der Waals surface area contributed by atoms with E-state index in [4.69, 9.17) is 4.74 Å². The number of carbonyl (C=O) groups is 1. The largest absolute Gasteiger partial charge is 0.490 e. The minimum atomic E-state index is -3.00. The van der Waals surface area contributed by atoms with Gasteiger partial charge in [-0.25, -0.2) is 4.98 Å². The number of amides is 1. The first kappa shape index (κ1) is 19.7. The van der Waals surface area contributed by atoms with Crippen molar-refractivity contribution in [1.29, 1.82) is 0 Å². The summed E-state index contributed by atoms with van der Waals surface area (Å²) >= 11 is 1.29. The molecule has 1 aromatic carbocycles. The number of aromatic amines is 1. The monoisotopic (exact) mass is 409 g/mol. The fraction of sp³-hybridized carbons (Fsp3) is 0.278. The summed E-state index contributed by atoms with van der Waals surface area (Å²) in [6, 6.07) is 5.71. The first-order chi connectivity index (χ1) is 13.4. The number of halogens is 2. The molecule has 0 radical (unpaired) electrons. The number of hydrogen-bond donors (Lipinski definition) is 1. The van der Waals surface area contributed by atoms with Crippen molar-refractivity contribution in [2.75, 3.05) is 13.7 Å². The van der Waals surface area contributed by atoms with E-state index in [1.54, 1.807) is 25.4 Å². The maximum atomic E-state index is 12.7. The van der Waals surface area contributed by atoms with Gasteiger partial charge >= 0.3 is 6.61 Å². The molecule has 1 N–H and O–H groups in total. The maximum absolute atomic E-state index is 12.7. The van der Waals surface area contributed by atoms with Crippen LogP contribution in [-0.2, 0) is 6.54 Å². The minimum Gasteiger partial charge on any atom is -0.490 e. The molecular formula is C18H17F2N3O4S. The van der Waals surface area contributed by atoms with E-state index in [1.807, 2.05) is 0 Å². The second-order valence-corrected chi connectivity index (χ2v) is 6.70. The number of aromatic nitrogens is 2. The summed E-state index contributed by atoms with van der Waals surface area (Å²) in [5.41, 5.74) is 0.534. The van der Waals surface area contributed by atoms with Crippen LogP contribution < -0.4 is 15.0 Å². The van der Waals surface area contributed by atoms with E-state index >= 15 is 0 Å². The SMILES string of the molecule is CCOc1cc(C(=O)N(C)Cc2nc3ccsc3c(=O)[nH]2)ccc1OC(F)F. The number of fused-ring (bicyclic) bond motifs is 1. The standard InChI is InChI=1S/C18H17F2N3O4S/c1-3-26-13-8-10(4-5-12(13)27-18(19)20)17(25)23(2)9-14-21-11-6-7-28-15(11)16(24)22-14/h4-8,18H,3,9H2,1-2H3,(H,21,22,24). The van der Waals surface area contributed by atoms with Gasteiger partial charge in [0.1, 0.15) is 10.5 Å². The molecule has 28 heavy (non-hydrogen) atoms. The molecule has 0 aliphatic heterocycles. The predicted octanol–water partition coefficient (Wildman–Crippen LogP) is 3.26. The van der Waals surface area contributed by atoms with Crippen molar-refractivity contribution in [2.24, 2.45) is 0 Å². The topological polar surface area (TPSA) is 84.5 Å². The number of hydrogen-bond acceptors (Lipinski definition) is 6. The second-order valence-electron chi connectivity index (χ2n) is 5.78. The fourth-order valence-electron chi connectivity index (χ4n) is 2.62. The first-order valence-corrected chi connectivity index (χ1v) is 9.20. The Morgan fingerprint density at radius 2 is 2.11 bits per heavy atom. The number of rotatable bonds is 7. The molecule has 0 spiro atoms. The third-order valence-electron chi connectivity index (χ3n) is 3.80. The highest BCUT2D eigenvalue weighted by atomic mass is 32.1. The van der Waals surface area contributed by atoms with E-state index in [0.29, 0.717) is 16.0 Å². The molecule has 0 aliphatic carbocycles. The highest BCUT2D eigenvalue weighted by Crippen LogP contribution is 2.30. The molecule has 0 fully saturated rings. The van der Waals surface area contributed by atoms with Gasteiger partial charge in [-0.1, -0.05) is 0 Å². The van der Waals surface area contributed by atoms with Crippen molar-refractivity contribution in [1.82, 2.24) is 14.9 Å². The lowest BCUT2D eigenvalue weighted by molar-refractivity contribution is -0.0514. The normalized spacial score (nSPS) is 11.0. The Labute approximate surface area is 162 Å². The molecule has 2 heterocycles. The van der Waals surface area contributed by atoms with Crippen molar-refractivity contribution in [3.63, 3.8) is 0 Å². The smallest absolute Gasteiger partial charge is 0.387 e. The third-order valence-corrected chi connectivity index (χ3v) is 4.71. The molecular weight excluding hydrogens is 392 g/mol. The second kappa shape index (κ2) is 8.34. The average molecular weight is 409 g/mol. The van der Waals surface area contributed by atoms with E-state index < -0.39 is 12.5 Å². The quantitative estimate of drug-likeness (QED) is 0.648. The molecule has 7 nitrogen and oxygen atoms in total. The van der Waals surface area contributed by atoms with E-state index in [1.165, 1.54) is 34.4 Å². The number of nitrogens with one attached hydrogen (secondary N) is 1. The minimum absolute atomic E-state index is 0.0493. The zero-order chi connectivity index (χ0) is 20.3. The van der Waals surface area contributed by atoms with Gasteiger partial charge in [0, 0.05) is 12.6 Å². The summed E-state index contributed by atoms with van der Waals surface area (Å²) in [4.78, 5) is 33.1. The lowest BCUT2D eigenvalue weighted by Crippen LogP contribution is -2.28. The van der Waals surface area contributed by atoms with Crippen LogP contribution in [0.3, 0.4) is 0 Å². The Kier molecular flexibility index (Phi) is 5.88. The molecule has 0 aliphatic rings. The Hall–Kier alpha value is -3.01. The van der Waals surface area contributed by atoms with Gasteiger partial charge in [0.2, 0.25) is 0 Å². The van der Waals surface area contributed by atoms with Crippen LogP contribution >= 0.6 is 11.3 Å². The van der Waals surface area contributed by atoms with Gasteiger partial charge in [-0.2, -0.15) is 8.78 Å². The van der Waals surface area contributed by atoms with Crippen LogP contribution in [0.4, 0.5) is 8.78 Å². The van der Waals surface area contributed by atoms with Crippen LogP contribution in [0.25, 0.3) is 10.2 Å². The summed E-state index contributed by atoms with van der Waals surface area (Å²) in [5, 5.41) is 1.77. The molecule has 3 aromatic rings. The highest BCUT2D eigenvalue weighted by molar-refractivity contribution is 7.17. The fourth-order valence-corrected chi connectivity index (χ4v) is 3.34. The van der Waals surface area contributed by atoms with Gasteiger partial charge in [0.15, 0.2) is 11.5 Å². The number of H-pyrrole nitrogens is 1. The molecule has 0 atom stereocenters. The van der Waals surface area contributed by atoms with Crippen LogP contribution in [-0.4, -0.2) is 41.0 Å². The number of carbonyl (C=O) groups excluding carboxylic acids is 1. The summed E-state index contributed by atoms with van der Waals surface area (Å²) < 4.78 is 35.2. The van der Waals surface area contributed by atoms with Gasteiger partial charge < -0.3 is 19.4 Å². The number of alkyl halides is 2. The van der Waals surface area contributed by atoms with Gasteiger partial charge in [0.05, 0.1) is 18.7 Å². The molecule has 148 valence electrons. The Morgan fingerprint density at radius 3 is 2.82 bits per heavy atom. The molecule has 0 bridgehead atoms. The van der Waals surface area contributed by atoms with Crippen LogP contribution in [0.5, 0.6) is 11.5 Å². The van der Waals surface area contributed by atoms with Crippen LogP contribution in [0.15, 0.2) is 34.4 Å². The van der Waals surface area contributed by atoms with E-state index in [9.17, 15) is 18.4 Å². The van der Waals surface area contributed by atoms with Gasteiger partial charge in [-0.05, 0) is 36.6 Å². The van der Waals surface area contributed by atoms with Crippen molar-refractivity contribution < 1.29 is 23.0 Å². The molecule has 1 amide bonds. The lowest BCUT2D eigenvalue weighted by atomic mass is 10.1. The number of thiophene rings is 1. The van der Waals surface area contributed by atoms with Gasteiger partial charge in [0.25, 0.3) is 11.5 Å². The summed E-state index contributed by atoms with van der Waals surface area (Å²) in [6.45, 7) is -1.02. The number of ether oxygens (including phenoxy) is 2. The highest BCUT2D eigenvalue weighted by Gasteiger charge is 2.18. The lowest BCUT2D eigenvalue weighted by Gasteiger charge is -2.18. The van der Waals surface area contributed by atoms with Gasteiger partial charge in [-0.15, -0.1) is 11.3 Å². The summed E-state index contributed by atoms with van der Waals surface area (Å²) in [7, 11) is 1.55. The first-order valence-electron chi connectivity index (χ1n) is 8.32. The Balaban J connectivity index is 1.81. The predicted molar refractivity (Wildman–Crippen MR) is 100 cm³/mol. The van der Waals surface area contributed by atoms with Crippen LogP contribution in [0.1, 0.15) is 23.1 Å². The van der Waals surface area contributed by atoms with E-state index in [2.05, 4.69) is 14.7 Å². The molecule has 0 saturated carbocycles.